The second-order valence-corrected chi connectivity index (χ2v) is 4.47. The molecule has 0 N–H and O–H groups in total. The third kappa shape index (κ3) is 4.08. The van der Waals surface area contributed by atoms with Crippen LogP contribution < -0.4 is 4.74 Å². The van der Waals surface area contributed by atoms with Crippen molar-refractivity contribution in [1.29, 1.82) is 0 Å². The van der Waals surface area contributed by atoms with E-state index in [1.165, 1.54) is 12.4 Å². The Bertz CT molecular complexity index is 266. The van der Waals surface area contributed by atoms with Gasteiger partial charge in [-0.2, -0.15) is 0 Å². The van der Waals surface area contributed by atoms with Gasteiger partial charge >= 0.3 is 6.01 Å². The summed E-state index contributed by atoms with van der Waals surface area (Å²) in [4.78, 5) is 7.83. The predicted octanol–water partition coefficient (Wildman–Crippen LogP) is 2.55. The maximum absolute atomic E-state index is 5.62. The molecule has 0 aliphatic rings. The molecule has 1 rings (SSSR count). The molecule has 13 heavy (non-hydrogen) atoms. The van der Waals surface area contributed by atoms with Crippen molar-refractivity contribution in [3.8, 4) is 6.01 Å². The van der Waals surface area contributed by atoms with Gasteiger partial charge in [0.1, 0.15) is 0 Å². The minimum Gasteiger partial charge on any atom is -0.463 e. The van der Waals surface area contributed by atoms with E-state index >= 15 is 0 Å². The Hall–Kier alpha value is -0.830. The fraction of sp³-hybridized carbons (Fsp3) is 0.556. The van der Waals surface area contributed by atoms with Gasteiger partial charge in [0.2, 0.25) is 0 Å². The normalized spacial score (nSPS) is 11.4. The molecule has 1 aromatic heterocycles. The van der Waals surface area contributed by atoms with Crippen LogP contribution in [0.25, 0.3) is 0 Å². The first-order chi connectivity index (χ1) is 5.97. The third-order valence-electron chi connectivity index (χ3n) is 1.23. The molecule has 1 aromatic rings. The lowest BCUT2D eigenvalue weighted by Gasteiger charge is -2.17. The van der Waals surface area contributed by atoms with Gasteiger partial charge in [-0.15, -0.1) is 0 Å². The van der Waals surface area contributed by atoms with Crippen LogP contribution in [0.4, 0.5) is 0 Å². The molecular formula is C9H13ClN2O. The van der Waals surface area contributed by atoms with Gasteiger partial charge in [-0.1, -0.05) is 32.4 Å². The summed E-state index contributed by atoms with van der Waals surface area (Å²) in [5.41, 5.74) is 0.114. The number of ether oxygens (including phenoxy) is 1. The van der Waals surface area contributed by atoms with Crippen LogP contribution in [0, 0.1) is 5.41 Å². The Balaban J connectivity index is 2.51. The third-order valence-corrected chi connectivity index (χ3v) is 1.43. The van der Waals surface area contributed by atoms with Crippen molar-refractivity contribution >= 4 is 11.6 Å². The molecule has 0 fully saturated rings. The van der Waals surface area contributed by atoms with Gasteiger partial charge in [0.25, 0.3) is 0 Å². The van der Waals surface area contributed by atoms with Crippen molar-refractivity contribution in [2.45, 2.75) is 20.8 Å². The van der Waals surface area contributed by atoms with E-state index in [2.05, 4.69) is 30.7 Å². The molecule has 0 saturated carbocycles. The second-order valence-electron chi connectivity index (χ2n) is 4.03. The van der Waals surface area contributed by atoms with Crippen molar-refractivity contribution in [2.24, 2.45) is 5.41 Å². The molecule has 1 heterocycles. The maximum atomic E-state index is 5.62. The zero-order chi connectivity index (χ0) is 9.90. The van der Waals surface area contributed by atoms with Gasteiger partial charge in [-0.3, -0.25) is 0 Å². The molecule has 0 aliphatic heterocycles. The van der Waals surface area contributed by atoms with Gasteiger partial charge in [-0.25, -0.2) is 9.97 Å². The van der Waals surface area contributed by atoms with E-state index in [1.54, 1.807) is 0 Å². The molecule has 0 atom stereocenters. The van der Waals surface area contributed by atoms with Crippen molar-refractivity contribution in [1.82, 2.24) is 9.97 Å². The van der Waals surface area contributed by atoms with Crippen LogP contribution in [0.2, 0.25) is 5.02 Å². The fourth-order valence-electron chi connectivity index (χ4n) is 0.656. The Morgan fingerprint density at radius 1 is 1.31 bits per heavy atom. The van der Waals surface area contributed by atoms with E-state index in [1.807, 2.05) is 0 Å². The number of nitrogens with zero attached hydrogens (tertiary/aromatic N) is 2. The first kappa shape index (κ1) is 10.3. The van der Waals surface area contributed by atoms with Crippen LogP contribution in [0.5, 0.6) is 6.01 Å². The lowest BCUT2D eigenvalue weighted by molar-refractivity contribution is 0.184. The molecule has 0 saturated heterocycles. The quantitative estimate of drug-likeness (QED) is 0.736. The molecule has 4 heteroatoms. The van der Waals surface area contributed by atoms with Crippen LogP contribution in [-0.2, 0) is 0 Å². The maximum Gasteiger partial charge on any atom is 0.316 e. The highest BCUT2D eigenvalue weighted by Gasteiger charge is 2.11. The number of aromatic nitrogens is 2. The summed E-state index contributed by atoms with van der Waals surface area (Å²) in [6.07, 6.45) is 3.04. The van der Waals surface area contributed by atoms with Crippen molar-refractivity contribution in [3.63, 3.8) is 0 Å². The Labute approximate surface area is 83.1 Å². The van der Waals surface area contributed by atoms with Crippen LogP contribution >= 0.6 is 11.6 Å². The Morgan fingerprint density at radius 3 is 2.31 bits per heavy atom. The van der Waals surface area contributed by atoms with E-state index in [9.17, 15) is 0 Å². The van der Waals surface area contributed by atoms with Crippen LogP contribution in [-0.4, -0.2) is 16.6 Å². The first-order valence-corrected chi connectivity index (χ1v) is 4.45. The van der Waals surface area contributed by atoms with Crippen LogP contribution in [0.15, 0.2) is 12.4 Å². The van der Waals surface area contributed by atoms with Gasteiger partial charge < -0.3 is 4.74 Å². The topological polar surface area (TPSA) is 35.0 Å². The lowest BCUT2D eigenvalue weighted by Crippen LogP contribution is -2.17. The molecule has 72 valence electrons. The first-order valence-electron chi connectivity index (χ1n) is 4.08. The minimum atomic E-state index is 0.114. The zero-order valence-electron chi connectivity index (χ0n) is 8.04. The standard InChI is InChI=1S/C9H13ClN2O/c1-9(2,3)6-13-8-11-4-7(10)5-12-8/h4-5H,6H2,1-3H3. The van der Waals surface area contributed by atoms with E-state index in [-0.39, 0.29) is 5.41 Å². The summed E-state index contributed by atoms with van der Waals surface area (Å²) < 4.78 is 5.34. The summed E-state index contributed by atoms with van der Waals surface area (Å²) in [6, 6.07) is 0.374. The number of halogens is 1. The highest BCUT2D eigenvalue weighted by molar-refractivity contribution is 6.30. The molecule has 0 aliphatic carbocycles. The van der Waals surface area contributed by atoms with Crippen molar-refractivity contribution in [2.75, 3.05) is 6.61 Å². The summed E-state index contributed by atoms with van der Waals surface area (Å²) >= 11 is 5.62. The largest absolute Gasteiger partial charge is 0.463 e. The van der Waals surface area contributed by atoms with Crippen LogP contribution in [0.1, 0.15) is 20.8 Å². The smallest absolute Gasteiger partial charge is 0.316 e. The average molecular weight is 201 g/mol. The van der Waals surface area contributed by atoms with Gasteiger partial charge in [0, 0.05) is 0 Å². The number of rotatable bonds is 2. The molecule has 0 spiro atoms. The molecule has 0 bridgehead atoms. The van der Waals surface area contributed by atoms with Gasteiger partial charge in [-0.05, 0) is 5.41 Å². The van der Waals surface area contributed by atoms with E-state index < -0.39 is 0 Å². The number of hydrogen-bond acceptors (Lipinski definition) is 3. The molecule has 0 aromatic carbocycles. The lowest BCUT2D eigenvalue weighted by atomic mass is 9.99. The molecule has 0 unspecified atom stereocenters. The molecule has 0 amide bonds. The number of hydrogen-bond donors (Lipinski definition) is 0. The van der Waals surface area contributed by atoms with E-state index in [0.717, 1.165) is 0 Å². The Morgan fingerprint density at radius 2 is 1.85 bits per heavy atom. The van der Waals surface area contributed by atoms with Gasteiger partial charge in [0.15, 0.2) is 0 Å². The summed E-state index contributed by atoms with van der Waals surface area (Å²) in [5.74, 6) is 0. The molecular weight excluding hydrogens is 188 g/mol. The van der Waals surface area contributed by atoms with Gasteiger partial charge in [0.05, 0.1) is 24.0 Å². The zero-order valence-corrected chi connectivity index (χ0v) is 8.80. The molecule has 0 radical (unpaired) electrons. The van der Waals surface area contributed by atoms with Crippen LogP contribution in [0.3, 0.4) is 0 Å². The average Bonchev–Trinajstić information content (AvgIpc) is 2.02. The summed E-state index contributed by atoms with van der Waals surface area (Å²) in [7, 11) is 0. The predicted molar refractivity (Wildman–Crippen MR) is 52.0 cm³/mol. The fourth-order valence-corrected chi connectivity index (χ4v) is 0.754. The summed E-state index contributed by atoms with van der Waals surface area (Å²) in [6.45, 7) is 6.85. The van der Waals surface area contributed by atoms with E-state index in [4.69, 9.17) is 16.3 Å². The van der Waals surface area contributed by atoms with Crippen molar-refractivity contribution in [3.05, 3.63) is 17.4 Å². The monoisotopic (exact) mass is 200 g/mol. The second kappa shape index (κ2) is 3.92. The SMILES string of the molecule is CC(C)(C)COc1ncc(Cl)cn1. The van der Waals surface area contributed by atoms with Crippen molar-refractivity contribution < 1.29 is 4.74 Å². The molecule has 3 nitrogen and oxygen atoms in total. The Kier molecular flexibility index (Phi) is 3.09. The minimum absolute atomic E-state index is 0.114. The highest BCUT2D eigenvalue weighted by Crippen LogP contribution is 2.15. The highest BCUT2D eigenvalue weighted by atomic mass is 35.5. The van der Waals surface area contributed by atoms with E-state index in [0.29, 0.717) is 17.6 Å². The summed E-state index contributed by atoms with van der Waals surface area (Å²) in [5, 5.41) is 0.517.